The van der Waals surface area contributed by atoms with E-state index in [2.05, 4.69) is 168 Å². The molecular formula is C52H29N3O. The minimum Gasteiger partial charge on any atom is -0.456 e. The Morgan fingerprint density at radius 3 is 1.71 bits per heavy atom. The highest BCUT2D eigenvalue weighted by molar-refractivity contribution is 6.36. The topological polar surface area (TPSA) is 43.9 Å². The summed E-state index contributed by atoms with van der Waals surface area (Å²) in [6.45, 7) is 0. The first-order valence-corrected chi connectivity index (χ1v) is 19.1. The molecule has 56 heavy (non-hydrogen) atoms. The van der Waals surface area contributed by atoms with Gasteiger partial charge in [0, 0.05) is 48.7 Å². The Hall–Kier alpha value is -7.56. The Balaban J connectivity index is 1.22. The van der Waals surface area contributed by atoms with Gasteiger partial charge in [-0.2, -0.15) is 0 Å². The molecule has 0 bridgehead atoms. The van der Waals surface area contributed by atoms with Crippen molar-refractivity contribution in [3.63, 3.8) is 0 Å². The van der Waals surface area contributed by atoms with Gasteiger partial charge in [0.05, 0.1) is 22.2 Å². The van der Waals surface area contributed by atoms with Gasteiger partial charge in [0.15, 0.2) is 0 Å². The van der Waals surface area contributed by atoms with Gasteiger partial charge in [-0.25, -0.2) is 9.97 Å². The van der Waals surface area contributed by atoms with Crippen LogP contribution in [0.5, 0.6) is 0 Å². The summed E-state index contributed by atoms with van der Waals surface area (Å²) in [5.41, 5.74) is 6.65. The highest BCUT2D eigenvalue weighted by Crippen LogP contribution is 2.45. The number of para-hydroxylation sites is 1. The number of hydrogen-bond donors (Lipinski definition) is 0. The van der Waals surface area contributed by atoms with Crippen molar-refractivity contribution < 1.29 is 4.42 Å². The van der Waals surface area contributed by atoms with Gasteiger partial charge in [-0.15, -0.1) is 0 Å². The molecule has 0 amide bonds. The van der Waals surface area contributed by atoms with Crippen molar-refractivity contribution in [2.45, 2.75) is 0 Å². The van der Waals surface area contributed by atoms with Crippen LogP contribution in [0.3, 0.4) is 0 Å². The average Bonchev–Trinajstić information content (AvgIpc) is 3.81. The van der Waals surface area contributed by atoms with Gasteiger partial charge in [0.2, 0.25) is 5.95 Å². The Kier molecular flexibility index (Phi) is 5.86. The Labute approximate surface area is 319 Å². The second-order valence-electron chi connectivity index (χ2n) is 14.9. The predicted octanol–water partition coefficient (Wildman–Crippen LogP) is 14.1. The molecule has 3 aromatic heterocycles. The second kappa shape index (κ2) is 11.0. The molecule has 0 unspecified atom stereocenters. The Morgan fingerprint density at radius 1 is 0.375 bits per heavy atom. The number of aromatic nitrogens is 3. The summed E-state index contributed by atoms with van der Waals surface area (Å²) in [5.74, 6) is 0.634. The summed E-state index contributed by atoms with van der Waals surface area (Å²) < 4.78 is 8.74. The van der Waals surface area contributed by atoms with Gasteiger partial charge in [0.25, 0.3) is 0 Å². The fourth-order valence-corrected chi connectivity index (χ4v) is 9.51. The molecule has 0 atom stereocenters. The molecule has 0 fully saturated rings. The molecule has 13 aromatic rings. The third-order valence-corrected chi connectivity index (χ3v) is 12.0. The van der Waals surface area contributed by atoms with Crippen molar-refractivity contribution in [2.75, 3.05) is 0 Å². The largest absolute Gasteiger partial charge is 0.456 e. The van der Waals surface area contributed by atoms with Gasteiger partial charge in [-0.3, -0.25) is 4.57 Å². The van der Waals surface area contributed by atoms with Crippen molar-refractivity contribution in [3.05, 3.63) is 176 Å². The fraction of sp³-hybridized carbons (Fsp3) is 0. The van der Waals surface area contributed by atoms with Crippen LogP contribution >= 0.6 is 0 Å². The second-order valence-corrected chi connectivity index (χ2v) is 14.9. The first kappa shape index (κ1) is 29.8. The molecule has 0 saturated heterocycles. The SMILES string of the molecule is c1ccc2c(c1)ccc1c(-c3ccc4c(c3)oc3ccccc34)nc(-n3c4ccc5c6ccccc6c6ccccc6c5c4c4ccc5ccccc5c43)nc12. The van der Waals surface area contributed by atoms with Crippen molar-refractivity contribution in [3.8, 4) is 17.2 Å². The maximum absolute atomic E-state index is 6.42. The number of hydrogen-bond acceptors (Lipinski definition) is 3. The first-order valence-electron chi connectivity index (χ1n) is 19.1. The van der Waals surface area contributed by atoms with Gasteiger partial charge in [0.1, 0.15) is 11.2 Å². The monoisotopic (exact) mass is 711 g/mol. The van der Waals surface area contributed by atoms with Crippen LogP contribution in [0.1, 0.15) is 0 Å². The van der Waals surface area contributed by atoms with Crippen LogP contribution in [-0.2, 0) is 0 Å². The van der Waals surface area contributed by atoms with E-state index >= 15 is 0 Å². The minimum atomic E-state index is 0.634. The van der Waals surface area contributed by atoms with E-state index in [1.165, 1.54) is 48.5 Å². The van der Waals surface area contributed by atoms with Crippen molar-refractivity contribution in [2.24, 2.45) is 0 Å². The lowest BCUT2D eigenvalue weighted by molar-refractivity contribution is 0.669. The zero-order valence-electron chi connectivity index (χ0n) is 30.0. The molecule has 258 valence electrons. The predicted molar refractivity (Wildman–Crippen MR) is 234 cm³/mol. The summed E-state index contributed by atoms with van der Waals surface area (Å²) in [4.78, 5) is 11.1. The highest BCUT2D eigenvalue weighted by atomic mass is 16.3. The van der Waals surface area contributed by atoms with Crippen molar-refractivity contribution in [1.82, 2.24) is 14.5 Å². The molecule has 4 nitrogen and oxygen atoms in total. The smallest absolute Gasteiger partial charge is 0.235 e. The van der Waals surface area contributed by atoms with E-state index in [1.807, 2.05) is 12.1 Å². The Morgan fingerprint density at radius 2 is 0.929 bits per heavy atom. The number of rotatable bonds is 2. The molecule has 0 spiro atoms. The van der Waals surface area contributed by atoms with Gasteiger partial charge in [-0.05, 0) is 68.0 Å². The molecule has 0 saturated carbocycles. The van der Waals surface area contributed by atoms with E-state index in [-0.39, 0.29) is 0 Å². The molecule has 0 aliphatic carbocycles. The van der Waals surface area contributed by atoms with Crippen molar-refractivity contribution in [1.29, 1.82) is 0 Å². The quantitative estimate of drug-likeness (QED) is 0.168. The molecular weight excluding hydrogens is 683 g/mol. The summed E-state index contributed by atoms with van der Waals surface area (Å²) in [5, 5.41) is 17.6. The van der Waals surface area contributed by atoms with Gasteiger partial charge >= 0.3 is 0 Å². The highest BCUT2D eigenvalue weighted by Gasteiger charge is 2.23. The van der Waals surface area contributed by atoms with E-state index < -0.39 is 0 Å². The maximum Gasteiger partial charge on any atom is 0.235 e. The first-order chi connectivity index (χ1) is 27.8. The standard InChI is InChI=1S/C52H29N3O/c1-3-13-33-30(11-1)22-26-43-49(32-23-24-39-38-18-9-10-20-45(38)56-46(39)29-32)53-52(54-50(33)43)55-44-28-27-41-37-17-6-5-15-35(37)36-16-7-8-19-40(36)47(41)48(44)42-25-21-31-12-2-4-14-34(31)51(42)55/h1-29H. The van der Waals surface area contributed by atoms with Crippen LogP contribution in [-0.4, -0.2) is 14.5 Å². The lowest BCUT2D eigenvalue weighted by Crippen LogP contribution is -2.04. The van der Waals surface area contributed by atoms with Crippen LogP contribution in [0, 0.1) is 0 Å². The Bertz CT molecular complexity index is 3800. The van der Waals surface area contributed by atoms with Crippen LogP contribution < -0.4 is 0 Å². The van der Waals surface area contributed by atoms with E-state index in [1.54, 1.807) is 0 Å². The zero-order chi connectivity index (χ0) is 36.5. The third-order valence-electron chi connectivity index (χ3n) is 12.0. The van der Waals surface area contributed by atoms with Gasteiger partial charge in [-0.1, -0.05) is 146 Å². The van der Waals surface area contributed by atoms with E-state index in [4.69, 9.17) is 14.4 Å². The molecule has 0 aliphatic rings. The summed E-state index contributed by atoms with van der Waals surface area (Å²) in [6.07, 6.45) is 0. The molecule has 3 heterocycles. The minimum absolute atomic E-state index is 0.634. The third kappa shape index (κ3) is 3.97. The number of furan rings is 1. The fourth-order valence-electron chi connectivity index (χ4n) is 9.51. The molecule has 0 aliphatic heterocycles. The van der Waals surface area contributed by atoms with Crippen LogP contribution in [0.15, 0.2) is 180 Å². The average molecular weight is 712 g/mol. The maximum atomic E-state index is 6.42. The molecule has 0 radical (unpaired) electrons. The lowest BCUT2D eigenvalue weighted by Gasteiger charge is -2.14. The summed E-state index contributed by atoms with van der Waals surface area (Å²) in [7, 11) is 0. The van der Waals surface area contributed by atoms with Crippen molar-refractivity contribution >= 4 is 109 Å². The van der Waals surface area contributed by atoms with Crippen LogP contribution in [0.4, 0.5) is 0 Å². The zero-order valence-corrected chi connectivity index (χ0v) is 30.0. The number of fused-ring (bicyclic) bond motifs is 18. The van der Waals surface area contributed by atoms with E-state index in [0.29, 0.717) is 5.95 Å². The summed E-state index contributed by atoms with van der Waals surface area (Å²) >= 11 is 0. The van der Waals surface area contributed by atoms with E-state index in [9.17, 15) is 0 Å². The summed E-state index contributed by atoms with van der Waals surface area (Å²) in [6, 6.07) is 63.0. The lowest BCUT2D eigenvalue weighted by atomic mass is 9.91. The van der Waals surface area contributed by atoms with Gasteiger partial charge < -0.3 is 4.42 Å². The normalized spacial score (nSPS) is 12.3. The number of nitrogens with zero attached hydrogens (tertiary/aromatic N) is 3. The van der Waals surface area contributed by atoms with Crippen LogP contribution in [0.2, 0.25) is 0 Å². The van der Waals surface area contributed by atoms with Crippen LogP contribution in [0.25, 0.3) is 126 Å². The molecule has 13 rings (SSSR count). The molecule has 4 heteroatoms. The number of benzene rings is 10. The molecule has 0 N–H and O–H groups in total. The van der Waals surface area contributed by atoms with E-state index in [0.717, 1.165) is 71.3 Å². The molecule has 10 aromatic carbocycles.